The average molecular weight is 298 g/mol. The quantitative estimate of drug-likeness (QED) is 0.616. The van der Waals surface area contributed by atoms with Crippen molar-refractivity contribution < 1.29 is 18.1 Å². The molecular weight excluding hydrogens is 284 g/mol. The average Bonchev–Trinajstić information content (AvgIpc) is 2.70. The Balaban J connectivity index is 2.00. The van der Waals surface area contributed by atoms with Crippen molar-refractivity contribution in [2.24, 2.45) is 0 Å². The minimum absolute atomic E-state index is 0.0227. The molecule has 2 heterocycles. The summed E-state index contributed by atoms with van der Waals surface area (Å²) in [7, 11) is -3.71. The third-order valence-electron chi connectivity index (χ3n) is 3.78. The van der Waals surface area contributed by atoms with Gasteiger partial charge in [0.1, 0.15) is 0 Å². The summed E-state index contributed by atoms with van der Waals surface area (Å²) in [5.41, 5.74) is -0.216. The second-order valence-corrected chi connectivity index (χ2v) is 6.86. The van der Waals surface area contributed by atoms with E-state index in [1.165, 1.54) is 22.5 Å². The van der Waals surface area contributed by atoms with Crippen LogP contribution in [0.1, 0.15) is 12.8 Å². The Morgan fingerprint density at radius 3 is 2.50 bits per heavy atom. The topological polar surface area (TPSA) is 89.8 Å². The Morgan fingerprint density at radius 1 is 1.25 bits per heavy atom. The lowest BCUT2D eigenvalue weighted by atomic mass is 10.2. The van der Waals surface area contributed by atoms with E-state index >= 15 is 0 Å². The fourth-order valence-corrected chi connectivity index (χ4v) is 4.74. The van der Waals surface area contributed by atoms with Crippen molar-refractivity contribution in [3.63, 3.8) is 0 Å². The molecular formula is C12H14N2O5S. The van der Waals surface area contributed by atoms with E-state index in [9.17, 15) is 18.5 Å². The zero-order valence-corrected chi connectivity index (χ0v) is 11.5. The second-order valence-electron chi connectivity index (χ2n) is 5.01. The van der Waals surface area contributed by atoms with Gasteiger partial charge in [-0.15, -0.1) is 0 Å². The molecule has 7 nitrogen and oxygen atoms in total. The van der Waals surface area contributed by atoms with Crippen molar-refractivity contribution in [1.29, 1.82) is 0 Å². The van der Waals surface area contributed by atoms with E-state index in [-0.39, 0.29) is 22.7 Å². The van der Waals surface area contributed by atoms with Crippen LogP contribution < -0.4 is 0 Å². The Bertz CT molecular complexity index is 629. The number of nitro groups is 1. The maximum atomic E-state index is 12.7. The second kappa shape index (κ2) is 4.80. The molecule has 8 heteroatoms. The summed E-state index contributed by atoms with van der Waals surface area (Å²) in [6, 6.07) is 4.89. The van der Waals surface area contributed by atoms with Crippen molar-refractivity contribution >= 4 is 15.7 Å². The summed E-state index contributed by atoms with van der Waals surface area (Å²) in [6.45, 7) is 0.787. The largest absolute Gasteiger partial charge is 0.378 e. The zero-order chi connectivity index (χ0) is 14.3. The number of rotatable bonds is 3. The molecule has 0 saturated carbocycles. The lowest BCUT2D eigenvalue weighted by molar-refractivity contribution is -0.385. The summed E-state index contributed by atoms with van der Waals surface area (Å²) < 4.78 is 32.2. The number of nitro benzene ring substituents is 1. The number of sulfonamides is 1. The number of morpholine rings is 1. The SMILES string of the molecule is O=[N+]([O-])c1cccc(S(=O)(=O)N2C3CCC2COC3)c1. The summed E-state index contributed by atoms with van der Waals surface area (Å²) >= 11 is 0. The lowest BCUT2D eigenvalue weighted by Gasteiger charge is -2.33. The van der Waals surface area contributed by atoms with Gasteiger partial charge in [-0.1, -0.05) is 6.07 Å². The van der Waals surface area contributed by atoms with E-state index in [1.54, 1.807) is 0 Å². The van der Waals surface area contributed by atoms with Crippen LogP contribution in [0.25, 0.3) is 0 Å². The number of hydrogen-bond acceptors (Lipinski definition) is 5. The van der Waals surface area contributed by atoms with Gasteiger partial charge in [-0.05, 0) is 18.9 Å². The van der Waals surface area contributed by atoms with Crippen molar-refractivity contribution in [2.45, 2.75) is 29.8 Å². The molecule has 1 aromatic rings. The van der Waals surface area contributed by atoms with Gasteiger partial charge < -0.3 is 4.74 Å². The first kappa shape index (κ1) is 13.5. The van der Waals surface area contributed by atoms with Crippen molar-refractivity contribution in [1.82, 2.24) is 4.31 Å². The Labute approximate surface area is 116 Å². The van der Waals surface area contributed by atoms with Gasteiger partial charge in [0.05, 0.1) is 23.0 Å². The first-order valence-electron chi connectivity index (χ1n) is 6.36. The first-order chi connectivity index (χ1) is 9.50. The van der Waals surface area contributed by atoms with Crippen LogP contribution in [-0.4, -0.2) is 42.9 Å². The maximum absolute atomic E-state index is 12.7. The summed E-state index contributed by atoms with van der Waals surface area (Å²) in [5.74, 6) is 0. The molecule has 0 aliphatic carbocycles. The minimum Gasteiger partial charge on any atom is -0.378 e. The van der Waals surface area contributed by atoms with Gasteiger partial charge in [-0.2, -0.15) is 4.31 Å². The van der Waals surface area contributed by atoms with Crippen molar-refractivity contribution in [3.8, 4) is 0 Å². The van der Waals surface area contributed by atoms with Crippen LogP contribution in [0.2, 0.25) is 0 Å². The molecule has 2 saturated heterocycles. The molecule has 2 bridgehead atoms. The molecule has 0 N–H and O–H groups in total. The van der Waals surface area contributed by atoms with Crippen molar-refractivity contribution in [2.75, 3.05) is 13.2 Å². The normalized spacial score (nSPS) is 26.6. The first-order valence-corrected chi connectivity index (χ1v) is 7.80. The molecule has 2 atom stereocenters. The highest BCUT2D eigenvalue weighted by atomic mass is 32.2. The fourth-order valence-electron chi connectivity index (χ4n) is 2.86. The monoisotopic (exact) mass is 298 g/mol. The van der Waals surface area contributed by atoms with Crippen LogP contribution in [0.15, 0.2) is 29.2 Å². The van der Waals surface area contributed by atoms with Crippen molar-refractivity contribution in [3.05, 3.63) is 34.4 Å². The van der Waals surface area contributed by atoms with Crippen LogP contribution in [-0.2, 0) is 14.8 Å². The molecule has 2 unspecified atom stereocenters. The number of hydrogen-bond donors (Lipinski definition) is 0. The molecule has 2 aliphatic rings. The maximum Gasteiger partial charge on any atom is 0.270 e. The van der Waals surface area contributed by atoms with Gasteiger partial charge in [0.25, 0.3) is 5.69 Å². The van der Waals surface area contributed by atoms with Crippen LogP contribution in [0.3, 0.4) is 0 Å². The third kappa shape index (κ3) is 2.09. The molecule has 0 radical (unpaired) electrons. The van der Waals surface area contributed by atoms with E-state index < -0.39 is 14.9 Å². The molecule has 2 aliphatic heterocycles. The number of ether oxygens (including phenoxy) is 1. The van der Waals surface area contributed by atoms with E-state index in [4.69, 9.17) is 4.74 Å². The molecule has 108 valence electrons. The predicted octanol–water partition coefficient (Wildman–Crippen LogP) is 1.15. The Kier molecular flexibility index (Phi) is 3.23. The highest BCUT2D eigenvalue weighted by Crippen LogP contribution is 2.34. The zero-order valence-electron chi connectivity index (χ0n) is 10.6. The van der Waals surface area contributed by atoms with Gasteiger partial charge in [0, 0.05) is 24.2 Å². The summed E-state index contributed by atoms with van der Waals surface area (Å²) in [4.78, 5) is 10.2. The molecule has 3 rings (SSSR count). The Morgan fingerprint density at radius 2 is 1.90 bits per heavy atom. The fraction of sp³-hybridized carbons (Fsp3) is 0.500. The number of fused-ring (bicyclic) bond motifs is 2. The highest BCUT2D eigenvalue weighted by molar-refractivity contribution is 7.89. The summed E-state index contributed by atoms with van der Waals surface area (Å²) in [6.07, 6.45) is 1.55. The number of nitrogens with zero attached hydrogens (tertiary/aromatic N) is 2. The molecule has 1 aromatic carbocycles. The van der Waals surface area contributed by atoms with E-state index in [1.807, 2.05) is 0 Å². The van der Waals surface area contributed by atoms with Gasteiger partial charge in [0.15, 0.2) is 0 Å². The third-order valence-corrected chi connectivity index (χ3v) is 5.78. The van der Waals surface area contributed by atoms with Gasteiger partial charge in [-0.25, -0.2) is 8.42 Å². The van der Waals surface area contributed by atoms with Crippen LogP contribution in [0.4, 0.5) is 5.69 Å². The summed E-state index contributed by atoms with van der Waals surface area (Å²) in [5, 5.41) is 10.8. The van der Waals surface area contributed by atoms with Crippen LogP contribution in [0.5, 0.6) is 0 Å². The van der Waals surface area contributed by atoms with E-state index in [0.717, 1.165) is 18.9 Å². The molecule has 20 heavy (non-hydrogen) atoms. The van der Waals surface area contributed by atoms with E-state index in [0.29, 0.717) is 13.2 Å². The minimum atomic E-state index is -3.71. The standard InChI is InChI=1S/C12H14N2O5S/c15-14(16)9-2-1-3-12(6-9)20(17,18)13-10-4-5-11(13)8-19-7-10/h1-3,6,10-11H,4-5,7-8H2. The molecule has 0 spiro atoms. The smallest absolute Gasteiger partial charge is 0.270 e. The number of non-ortho nitro benzene ring substituents is 1. The van der Waals surface area contributed by atoms with Crippen LogP contribution >= 0.6 is 0 Å². The molecule has 2 fully saturated rings. The van der Waals surface area contributed by atoms with Crippen LogP contribution in [0, 0.1) is 10.1 Å². The Hall–Kier alpha value is -1.51. The molecule has 0 aromatic heterocycles. The lowest BCUT2D eigenvalue weighted by Crippen LogP contribution is -2.48. The highest BCUT2D eigenvalue weighted by Gasteiger charge is 2.45. The van der Waals surface area contributed by atoms with Gasteiger partial charge >= 0.3 is 0 Å². The van der Waals surface area contributed by atoms with Gasteiger partial charge in [-0.3, -0.25) is 10.1 Å². The number of benzene rings is 1. The molecule has 0 amide bonds. The van der Waals surface area contributed by atoms with Gasteiger partial charge in [0.2, 0.25) is 10.0 Å². The predicted molar refractivity (Wildman–Crippen MR) is 69.8 cm³/mol. The van der Waals surface area contributed by atoms with E-state index in [2.05, 4.69) is 0 Å².